The van der Waals surface area contributed by atoms with E-state index >= 15 is 0 Å². The molecule has 0 aliphatic heterocycles. The van der Waals surface area contributed by atoms with Crippen molar-refractivity contribution in [1.29, 1.82) is 0 Å². The molecule has 1 aromatic heterocycles. The Kier molecular flexibility index (Phi) is 5.81. The Hall–Kier alpha value is -2.53. The molecular formula is C23H24N2O2S. The summed E-state index contributed by atoms with van der Waals surface area (Å²) in [7, 11) is 3.33. The second-order valence-electron chi connectivity index (χ2n) is 6.83. The first-order valence-electron chi connectivity index (χ1n) is 9.57. The van der Waals surface area contributed by atoms with Crippen molar-refractivity contribution in [2.75, 3.05) is 14.2 Å². The lowest BCUT2D eigenvalue weighted by molar-refractivity contribution is 0.354. The molecule has 0 saturated carbocycles. The summed E-state index contributed by atoms with van der Waals surface area (Å²) < 4.78 is 10.8. The van der Waals surface area contributed by atoms with Gasteiger partial charge in [-0.2, -0.15) is 0 Å². The smallest absolute Gasteiger partial charge is 0.161 e. The Balaban J connectivity index is 1.63. The largest absolute Gasteiger partial charge is 0.493 e. The van der Waals surface area contributed by atoms with Gasteiger partial charge in [-0.3, -0.25) is 0 Å². The first-order valence-corrected chi connectivity index (χ1v) is 10.6. The van der Waals surface area contributed by atoms with Crippen molar-refractivity contribution in [2.24, 2.45) is 0 Å². The van der Waals surface area contributed by atoms with Crippen LogP contribution in [0.4, 0.5) is 0 Å². The molecule has 0 fully saturated rings. The number of thioether (sulfide) groups is 1. The van der Waals surface area contributed by atoms with Crippen LogP contribution in [-0.4, -0.2) is 24.2 Å². The zero-order valence-electron chi connectivity index (χ0n) is 16.3. The number of hydrogen-bond donors (Lipinski definition) is 0. The van der Waals surface area contributed by atoms with Gasteiger partial charge in [0.25, 0.3) is 0 Å². The van der Waals surface area contributed by atoms with Gasteiger partial charge in [0.15, 0.2) is 17.3 Å². The second-order valence-corrected chi connectivity index (χ2v) is 7.79. The predicted octanol–water partition coefficient (Wildman–Crippen LogP) is 5.33. The minimum absolute atomic E-state index is 0.752. The maximum Gasteiger partial charge on any atom is 0.161 e. The number of benzene rings is 2. The highest BCUT2D eigenvalue weighted by atomic mass is 32.2. The molecule has 0 amide bonds. The minimum Gasteiger partial charge on any atom is -0.493 e. The summed E-state index contributed by atoms with van der Waals surface area (Å²) >= 11 is 1.78. The van der Waals surface area contributed by atoms with Crippen LogP contribution in [0, 0.1) is 0 Å². The van der Waals surface area contributed by atoms with Crippen molar-refractivity contribution < 1.29 is 9.47 Å². The third-order valence-corrected chi connectivity index (χ3v) is 6.09. The Morgan fingerprint density at radius 1 is 0.893 bits per heavy atom. The molecule has 0 spiro atoms. The highest BCUT2D eigenvalue weighted by Crippen LogP contribution is 2.34. The van der Waals surface area contributed by atoms with Crippen LogP contribution in [0.15, 0.2) is 53.6 Å². The summed E-state index contributed by atoms with van der Waals surface area (Å²) in [5.74, 6) is 3.17. The fourth-order valence-electron chi connectivity index (χ4n) is 3.52. The predicted molar refractivity (Wildman–Crippen MR) is 113 cm³/mol. The van der Waals surface area contributed by atoms with E-state index in [4.69, 9.17) is 19.4 Å². The average molecular weight is 393 g/mol. The zero-order chi connectivity index (χ0) is 19.3. The first kappa shape index (κ1) is 18.8. The number of hydrogen-bond acceptors (Lipinski definition) is 5. The van der Waals surface area contributed by atoms with Crippen molar-refractivity contribution >= 4 is 11.8 Å². The van der Waals surface area contributed by atoms with Crippen LogP contribution in [0.2, 0.25) is 0 Å². The molecule has 0 bridgehead atoms. The SMILES string of the molecule is COc1ccc(CSc2nc(-c3ccccc3)nc3c2CCCC3)cc1OC. The molecule has 0 atom stereocenters. The molecule has 1 aliphatic carbocycles. The second kappa shape index (κ2) is 8.65. The molecular weight excluding hydrogens is 368 g/mol. The maximum atomic E-state index is 5.44. The topological polar surface area (TPSA) is 44.2 Å². The Labute approximate surface area is 170 Å². The van der Waals surface area contributed by atoms with E-state index in [1.807, 2.05) is 30.3 Å². The molecule has 0 unspecified atom stereocenters. The van der Waals surface area contributed by atoms with Crippen LogP contribution in [0.5, 0.6) is 11.5 Å². The van der Waals surface area contributed by atoms with Gasteiger partial charge in [0.2, 0.25) is 0 Å². The van der Waals surface area contributed by atoms with Gasteiger partial charge in [0, 0.05) is 22.6 Å². The van der Waals surface area contributed by atoms with Crippen molar-refractivity contribution in [2.45, 2.75) is 36.5 Å². The van der Waals surface area contributed by atoms with E-state index in [-0.39, 0.29) is 0 Å². The lowest BCUT2D eigenvalue weighted by atomic mass is 9.97. The van der Waals surface area contributed by atoms with Crippen LogP contribution in [0.1, 0.15) is 29.7 Å². The van der Waals surface area contributed by atoms with E-state index in [9.17, 15) is 0 Å². The van der Waals surface area contributed by atoms with Crippen molar-refractivity contribution in [1.82, 2.24) is 9.97 Å². The van der Waals surface area contributed by atoms with E-state index in [1.165, 1.54) is 29.7 Å². The Bertz CT molecular complexity index is 960. The van der Waals surface area contributed by atoms with E-state index in [0.29, 0.717) is 0 Å². The standard InChI is InChI=1S/C23H24N2O2S/c1-26-20-13-12-16(14-21(20)27-2)15-28-23-18-10-6-7-11-19(18)24-22(25-23)17-8-4-3-5-9-17/h3-5,8-9,12-14H,6-7,10-11,15H2,1-2H3. The molecule has 144 valence electrons. The number of methoxy groups -OCH3 is 2. The van der Waals surface area contributed by atoms with Crippen molar-refractivity contribution in [3.05, 3.63) is 65.4 Å². The molecule has 0 radical (unpaired) electrons. The molecule has 1 aliphatic rings. The van der Waals surface area contributed by atoms with Crippen LogP contribution >= 0.6 is 11.8 Å². The van der Waals surface area contributed by atoms with E-state index in [1.54, 1.807) is 26.0 Å². The van der Waals surface area contributed by atoms with Gasteiger partial charge < -0.3 is 9.47 Å². The highest BCUT2D eigenvalue weighted by molar-refractivity contribution is 7.98. The summed E-state index contributed by atoms with van der Waals surface area (Å²) in [4.78, 5) is 9.83. The molecule has 1 heterocycles. The normalized spacial score (nSPS) is 13.1. The number of fused-ring (bicyclic) bond motifs is 1. The summed E-state index contributed by atoms with van der Waals surface area (Å²) in [6.45, 7) is 0. The lowest BCUT2D eigenvalue weighted by Gasteiger charge is -2.19. The molecule has 4 rings (SSSR count). The average Bonchev–Trinajstić information content (AvgIpc) is 2.77. The fraction of sp³-hybridized carbons (Fsp3) is 0.304. The van der Waals surface area contributed by atoms with Crippen LogP contribution in [-0.2, 0) is 18.6 Å². The summed E-state index contributed by atoms with van der Waals surface area (Å²) in [6, 6.07) is 16.3. The molecule has 0 saturated heterocycles. The summed E-state index contributed by atoms with van der Waals surface area (Å²) in [5.41, 5.74) is 4.81. The quantitative estimate of drug-likeness (QED) is 0.419. The van der Waals surface area contributed by atoms with Gasteiger partial charge >= 0.3 is 0 Å². The zero-order valence-corrected chi connectivity index (χ0v) is 17.1. The van der Waals surface area contributed by atoms with E-state index in [2.05, 4.69) is 18.2 Å². The van der Waals surface area contributed by atoms with Gasteiger partial charge in [0.1, 0.15) is 5.03 Å². The lowest BCUT2D eigenvalue weighted by Crippen LogP contribution is -2.10. The first-order chi connectivity index (χ1) is 13.8. The highest BCUT2D eigenvalue weighted by Gasteiger charge is 2.19. The van der Waals surface area contributed by atoms with E-state index in [0.717, 1.165) is 46.5 Å². The minimum atomic E-state index is 0.752. The summed E-state index contributed by atoms with van der Waals surface area (Å²) in [5, 5.41) is 1.11. The van der Waals surface area contributed by atoms with E-state index < -0.39 is 0 Å². The van der Waals surface area contributed by atoms with Crippen LogP contribution < -0.4 is 9.47 Å². The van der Waals surface area contributed by atoms with Gasteiger partial charge in [-0.25, -0.2) is 9.97 Å². The molecule has 2 aromatic carbocycles. The molecule has 28 heavy (non-hydrogen) atoms. The maximum absolute atomic E-state index is 5.44. The number of aromatic nitrogens is 2. The number of nitrogens with zero attached hydrogens (tertiary/aromatic N) is 2. The number of rotatable bonds is 6. The molecule has 5 heteroatoms. The summed E-state index contributed by atoms with van der Waals surface area (Å²) in [6.07, 6.45) is 4.53. The van der Waals surface area contributed by atoms with Crippen LogP contribution in [0.3, 0.4) is 0 Å². The van der Waals surface area contributed by atoms with Crippen molar-refractivity contribution in [3.63, 3.8) is 0 Å². The third-order valence-electron chi connectivity index (χ3n) is 5.00. The monoisotopic (exact) mass is 392 g/mol. The van der Waals surface area contributed by atoms with Gasteiger partial charge in [-0.15, -0.1) is 11.8 Å². The van der Waals surface area contributed by atoms with Gasteiger partial charge in [-0.05, 0) is 43.4 Å². The Morgan fingerprint density at radius 2 is 1.68 bits per heavy atom. The number of ether oxygens (including phenoxy) is 2. The third kappa shape index (κ3) is 3.99. The number of aryl methyl sites for hydroxylation is 1. The van der Waals surface area contributed by atoms with Crippen LogP contribution in [0.25, 0.3) is 11.4 Å². The molecule has 3 aromatic rings. The van der Waals surface area contributed by atoms with Crippen molar-refractivity contribution in [3.8, 4) is 22.9 Å². The fourth-order valence-corrected chi connectivity index (χ4v) is 4.55. The Morgan fingerprint density at radius 3 is 2.46 bits per heavy atom. The molecule has 4 nitrogen and oxygen atoms in total. The molecule has 0 N–H and O–H groups in total. The van der Waals surface area contributed by atoms with Gasteiger partial charge in [0.05, 0.1) is 14.2 Å². The van der Waals surface area contributed by atoms with Gasteiger partial charge in [-0.1, -0.05) is 36.4 Å².